The van der Waals surface area contributed by atoms with Crippen LogP contribution in [0.15, 0.2) is 0 Å². The summed E-state index contributed by atoms with van der Waals surface area (Å²) in [5.41, 5.74) is 6.00. The fourth-order valence-corrected chi connectivity index (χ4v) is 3.60. The molecule has 0 aromatic rings. The molecule has 1 rings (SSSR count). The van der Waals surface area contributed by atoms with Crippen molar-refractivity contribution >= 4 is 9.84 Å². The summed E-state index contributed by atoms with van der Waals surface area (Å²) < 4.78 is 23.0. The van der Waals surface area contributed by atoms with Gasteiger partial charge in [-0.1, -0.05) is 13.3 Å². The van der Waals surface area contributed by atoms with Gasteiger partial charge in [-0.2, -0.15) is 0 Å². The van der Waals surface area contributed by atoms with Gasteiger partial charge < -0.3 is 5.73 Å². The van der Waals surface area contributed by atoms with Gasteiger partial charge in [-0.25, -0.2) is 8.42 Å². The van der Waals surface area contributed by atoms with Crippen molar-refractivity contribution in [3.63, 3.8) is 0 Å². The number of nitrogens with two attached hydrogens (primary N) is 1. The molecular weight excluding hydrogens is 210 g/mol. The first-order valence-corrected chi connectivity index (χ1v) is 7.70. The van der Waals surface area contributed by atoms with Gasteiger partial charge in [0.25, 0.3) is 0 Å². The van der Waals surface area contributed by atoms with Crippen molar-refractivity contribution in [2.45, 2.75) is 56.7 Å². The molecule has 0 radical (unpaired) electrons. The summed E-state index contributed by atoms with van der Waals surface area (Å²) in [5, 5.41) is -0.161. The van der Waals surface area contributed by atoms with E-state index >= 15 is 0 Å². The first kappa shape index (κ1) is 13.0. The fraction of sp³-hybridized carbons (Fsp3) is 1.00. The molecule has 1 aliphatic rings. The molecular formula is C11H23NO2S. The molecule has 1 aliphatic carbocycles. The highest BCUT2D eigenvalue weighted by atomic mass is 32.2. The van der Waals surface area contributed by atoms with Crippen molar-refractivity contribution in [1.29, 1.82) is 0 Å². The van der Waals surface area contributed by atoms with Crippen molar-refractivity contribution in [1.82, 2.24) is 0 Å². The zero-order chi connectivity index (χ0) is 11.7. The van der Waals surface area contributed by atoms with Gasteiger partial charge in [-0.3, -0.25) is 0 Å². The van der Waals surface area contributed by atoms with E-state index in [4.69, 9.17) is 5.73 Å². The molecule has 1 saturated carbocycles. The molecule has 4 heteroatoms. The molecule has 3 unspecified atom stereocenters. The smallest absolute Gasteiger partial charge is 0.150 e. The maximum Gasteiger partial charge on any atom is 0.150 e. The summed E-state index contributed by atoms with van der Waals surface area (Å²) in [4.78, 5) is 0. The first-order valence-electron chi connectivity index (χ1n) is 5.75. The molecule has 0 heterocycles. The van der Waals surface area contributed by atoms with Crippen LogP contribution in [0.25, 0.3) is 0 Å². The lowest BCUT2D eigenvalue weighted by molar-refractivity contribution is 0.218. The van der Waals surface area contributed by atoms with Crippen molar-refractivity contribution in [2.24, 2.45) is 11.7 Å². The zero-order valence-electron chi connectivity index (χ0n) is 9.99. The van der Waals surface area contributed by atoms with Crippen molar-refractivity contribution in [3.05, 3.63) is 0 Å². The van der Waals surface area contributed by atoms with Gasteiger partial charge in [-0.15, -0.1) is 0 Å². The summed E-state index contributed by atoms with van der Waals surface area (Å²) >= 11 is 0. The molecule has 3 atom stereocenters. The molecule has 90 valence electrons. The summed E-state index contributed by atoms with van der Waals surface area (Å²) in [6, 6.07) is 0. The SMILES string of the molecule is CCC(C)(N)C1CCCC(S(C)(=O)=O)C1. The summed E-state index contributed by atoms with van der Waals surface area (Å²) in [6.45, 7) is 4.12. The predicted octanol–water partition coefficient (Wildman–Crippen LogP) is 1.72. The molecule has 2 N–H and O–H groups in total. The maximum atomic E-state index is 11.5. The van der Waals surface area contributed by atoms with Crippen LogP contribution in [-0.4, -0.2) is 25.5 Å². The van der Waals surface area contributed by atoms with Crippen LogP contribution in [0.5, 0.6) is 0 Å². The van der Waals surface area contributed by atoms with E-state index in [2.05, 4.69) is 6.92 Å². The highest BCUT2D eigenvalue weighted by Crippen LogP contribution is 2.35. The second kappa shape index (κ2) is 4.42. The standard InChI is InChI=1S/C11H23NO2S/c1-4-11(2,12)9-6-5-7-10(8-9)15(3,13)14/h9-10H,4-8,12H2,1-3H3. The number of hydrogen-bond acceptors (Lipinski definition) is 3. The van der Waals surface area contributed by atoms with E-state index in [0.717, 1.165) is 32.1 Å². The molecule has 1 fully saturated rings. The Hall–Kier alpha value is -0.0900. The minimum Gasteiger partial charge on any atom is -0.325 e. The molecule has 0 amide bonds. The first-order chi connectivity index (χ1) is 6.77. The van der Waals surface area contributed by atoms with E-state index < -0.39 is 9.84 Å². The van der Waals surface area contributed by atoms with Gasteiger partial charge in [0.1, 0.15) is 9.84 Å². The lowest BCUT2D eigenvalue weighted by Crippen LogP contribution is -2.47. The van der Waals surface area contributed by atoms with Crippen LogP contribution in [0, 0.1) is 5.92 Å². The average Bonchev–Trinajstić information content (AvgIpc) is 2.17. The normalized spacial score (nSPS) is 32.3. The Morgan fingerprint density at radius 2 is 2.00 bits per heavy atom. The maximum absolute atomic E-state index is 11.5. The Bertz CT molecular complexity index is 309. The summed E-state index contributed by atoms with van der Waals surface area (Å²) in [6.07, 6.45) is 5.89. The zero-order valence-corrected chi connectivity index (χ0v) is 10.8. The third-order valence-corrected chi connectivity index (χ3v) is 5.57. The predicted molar refractivity (Wildman–Crippen MR) is 63.5 cm³/mol. The lowest BCUT2D eigenvalue weighted by atomic mass is 9.75. The molecule has 0 saturated heterocycles. The molecule has 0 aromatic carbocycles. The van der Waals surface area contributed by atoms with E-state index in [1.54, 1.807) is 0 Å². The topological polar surface area (TPSA) is 60.2 Å². The van der Waals surface area contributed by atoms with Crippen LogP contribution in [0.2, 0.25) is 0 Å². The van der Waals surface area contributed by atoms with Gasteiger partial charge in [0.2, 0.25) is 0 Å². The third kappa shape index (κ3) is 3.18. The lowest BCUT2D eigenvalue weighted by Gasteiger charge is -2.38. The van der Waals surface area contributed by atoms with Crippen molar-refractivity contribution < 1.29 is 8.42 Å². The number of hydrogen-bond donors (Lipinski definition) is 1. The van der Waals surface area contributed by atoms with Crippen LogP contribution in [0.3, 0.4) is 0 Å². The molecule has 0 bridgehead atoms. The average molecular weight is 233 g/mol. The van der Waals surface area contributed by atoms with E-state index in [9.17, 15) is 8.42 Å². The largest absolute Gasteiger partial charge is 0.325 e. The fourth-order valence-electron chi connectivity index (χ4n) is 2.42. The Kier molecular flexibility index (Phi) is 3.82. The number of rotatable bonds is 3. The van der Waals surface area contributed by atoms with Gasteiger partial charge in [-0.05, 0) is 38.5 Å². The minimum absolute atomic E-state index is 0.161. The highest BCUT2D eigenvalue weighted by Gasteiger charge is 2.36. The van der Waals surface area contributed by atoms with Gasteiger partial charge in [0, 0.05) is 11.8 Å². The highest BCUT2D eigenvalue weighted by molar-refractivity contribution is 7.91. The van der Waals surface area contributed by atoms with Crippen molar-refractivity contribution in [2.75, 3.05) is 6.26 Å². The molecule has 3 nitrogen and oxygen atoms in total. The quantitative estimate of drug-likeness (QED) is 0.807. The Labute approximate surface area is 93.3 Å². The van der Waals surface area contributed by atoms with Gasteiger partial charge in [0.05, 0.1) is 5.25 Å². The monoisotopic (exact) mass is 233 g/mol. The second-order valence-corrected chi connectivity index (χ2v) is 7.50. The van der Waals surface area contributed by atoms with Crippen LogP contribution >= 0.6 is 0 Å². The van der Waals surface area contributed by atoms with E-state index in [-0.39, 0.29) is 10.8 Å². The van der Waals surface area contributed by atoms with E-state index in [1.165, 1.54) is 6.26 Å². The molecule has 0 aliphatic heterocycles. The Morgan fingerprint density at radius 1 is 1.40 bits per heavy atom. The van der Waals surface area contributed by atoms with Crippen LogP contribution < -0.4 is 5.73 Å². The Balaban J connectivity index is 2.73. The van der Waals surface area contributed by atoms with E-state index in [1.807, 2.05) is 6.92 Å². The summed E-state index contributed by atoms with van der Waals surface area (Å²) in [7, 11) is -2.88. The van der Waals surface area contributed by atoms with Crippen LogP contribution in [0.4, 0.5) is 0 Å². The summed E-state index contributed by atoms with van der Waals surface area (Å²) in [5.74, 6) is 0.357. The van der Waals surface area contributed by atoms with Crippen LogP contribution in [-0.2, 0) is 9.84 Å². The van der Waals surface area contributed by atoms with E-state index in [0.29, 0.717) is 5.92 Å². The molecule has 0 spiro atoms. The minimum atomic E-state index is -2.88. The molecule has 0 aromatic heterocycles. The molecule has 15 heavy (non-hydrogen) atoms. The van der Waals surface area contributed by atoms with Gasteiger partial charge >= 0.3 is 0 Å². The Morgan fingerprint density at radius 3 is 2.47 bits per heavy atom. The van der Waals surface area contributed by atoms with Crippen molar-refractivity contribution in [3.8, 4) is 0 Å². The second-order valence-electron chi connectivity index (χ2n) is 5.17. The van der Waals surface area contributed by atoms with Crippen LogP contribution in [0.1, 0.15) is 46.0 Å². The third-order valence-electron chi connectivity index (χ3n) is 3.93. The number of sulfone groups is 1. The van der Waals surface area contributed by atoms with Gasteiger partial charge in [0.15, 0.2) is 0 Å².